The SMILES string of the molecule is CCOc1ccc(/C=N\Nc2nc(N3CCCCC3)nc(N3CCCCC3)n2)c(OCC)c1. The summed E-state index contributed by atoms with van der Waals surface area (Å²) in [6, 6.07) is 5.74. The van der Waals surface area contributed by atoms with E-state index < -0.39 is 0 Å². The van der Waals surface area contributed by atoms with E-state index in [2.05, 4.69) is 30.3 Å². The van der Waals surface area contributed by atoms with Gasteiger partial charge in [-0.25, -0.2) is 5.43 Å². The molecule has 1 N–H and O–H groups in total. The quantitative estimate of drug-likeness (QED) is 0.449. The number of benzene rings is 1. The second kappa shape index (κ2) is 11.7. The summed E-state index contributed by atoms with van der Waals surface area (Å²) in [6.07, 6.45) is 8.94. The first kappa shape index (κ1) is 23.1. The second-order valence-corrected chi connectivity index (χ2v) is 8.29. The van der Waals surface area contributed by atoms with Gasteiger partial charge in [-0.1, -0.05) is 0 Å². The average Bonchev–Trinajstić information content (AvgIpc) is 2.86. The first-order chi connectivity index (χ1) is 16.3. The van der Waals surface area contributed by atoms with E-state index in [0.717, 1.165) is 55.1 Å². The molecular formula is C24H35N7O2. The lowest BCUT2D eigenvalue weighted by atomic mass is 10.1. The van der Waals surface area contributed by atoms with Gasteiger partial charge in [0, 0.05) is 37.8 Å². The van der Waals surface area contributed by atoms with Gasteiger partial charge in [0.1, 0.15) is 11.5 Å². The van der Waals surface area contributed by atoms with Crippen LogP contribution in [-0.4, -0.2) is 60.6 Å². The zero-order valence-corrected chi connectivity index (χ0v) is 19.8. The molecule has 0 aliphatic carbocycles. The maximum atomic E-state index is 5.77. The topological polar surface area (TPSA) is 88.0 Å². The zero-order valence-electron chi connectivity index (χ0n) is 19.8. The number of hydrogen-bond donors (Lipinski definition) is 1. The lowest BCUT2D eigenvalue weighted by Crippen LogP contribution is -2.34. The number of hydrazone groups is 1. The first-order valence-electron chi connectivity index (χ1n) is 12.2. The summed E-state index contributed by atoms with van der Waals surface area (Å²) >= 11 is 0. The van der Waals surface area contributed by atoms with Crippen molar-refractivity contribution in [2.75, 3.05) is 54.6 Å². The molecule has 178 valence electrons. The van der Waals surface area contributed by atoms with Crippen molar-refractivity contribution in [3.63, 3.8) is 0 Å². The first-order valence-corrected chi connectivity index (χ1v) is 12.2. The highest BCUT2D eigenvalue weighted by molar-refractivity contribution is 5.84. The number of nitrogens with zero attached hydrogens (tertiary/aromatic N) is 6. The maximum absolute atomic E-state index is 5.77. The number of nitrogens with one attached hydrogen (secondary N) is 1. The molecule has 2 fully saturated rings. The Kier molecular flexibility index (Phi) is 8.16. The number of aromatic nitrogens is 3. The molecule has 0 unspecified atom stereocenters. The van der Waals surface area contributed by atoms with Crippen LogP contribution in [0, 0.1) is 0 Å². The van der Waals surface area contributed by atoms with Crippen LogP contribution in [0.4, 0.5) is 17.8 Å². The standard InChI is InChI=1S/C24H35N7O2/c1-3-32-20-12-11-19(21(17-20)33-4-2)18-25-29-22-26-23(30-13-7-5-8-14-30)28-24(27-22)31-15-9-6-10-16-31/h11-12,17-18H,3-10,13-16H2,1-2H3,(H,26,27,28,29)/b25-18-. The van der Waals surface area contributed by atoms with E-state index in [1.54, 1.807) is 6.21 Å². The molecule has 0 atom stereocenters. The van der Waals surface area contributed by atoms with Crippen molar-refractivity contribution < 1.29 is 9.47 Å². The molecule has 2 aromatic rings. The Morgan fingerprint density at radius 1 is 0.848 bits per heavy atom. The van der Waals surface area contributed by atoms with Crippen LogP contribution in [0.3, 0.4) is 0 Å². The van der Waals surface area contributed by atoms with Gasteiger partial charge in [0.15, 0.2) is 0 Å². The number of piperidine rings is 2. The molecule has 9 heteroatoms. The predicted octanol–water partition coefficient (Wildman–Crippen LogP) is 4.10. The van der Waals surface area contributed by atoms with Crippen LogP contribution in [-0.2, 0) is 0 Å². The van der Waals surface area contributed by atoms with Gasteiger partial charge in [-0.2, -0.15) is 20.1 Å². The zero-order chi connectivity index (χ0) is 22.9. The summed E-state index contributed by atoms with van der Waals surface area (Å²) in [5, 5.41) is 4.42. The van der Waals surface area contributed by atoms with Gasteiger partial charge in [-0.05, 0) is 64.5 Å². The Balaban J connectivity index is 1.54. The minimum atomic E-state index is 0.464. The minimum Gasteiger partial charge on any atom is -0.494 e. The van der Waals surface area contributed by atoms with Gasteiger partial charge in [0.25, 0.3) is 0 Å². The van der Waals surface area contributed by atoms with E-state index in [9.17, 15) is 0 Å². The number of ether oxygens (including phenoxy) is 2. The summed E-state index contributed by atoms with van der Waals surface area (Å²) in [5.41, 5.74) is 3.88. The number of rotatable bonds is 9. The molecule has 2 saturated heterocycles. The fraction of sp³-hybridized carbons (Fsp3) is 0.583. The van der Waals surface area contributed by atoms with Crippen LogP contribution < -0.4 is 24.7 Å². The fourth-order valence-electron chi connectivity index (χ4n) is 4.19. The highest BCUT2D eigenvalue weighted by Crippen LogP contribution is 2.25. The Labute approximate surface area is 196 Å². The lowest BCUT2D eigenvalue weighted by Gasteiger charge is -2.30. The van der Waals surface area contributed by atoms with Crippen LogP contribution in [0.5, 0.6) is 11.5 Å². The molecule has 1 aromatic carbocycles. The summed E-state index contributed by atoms with van der Waals surface area (Å²) < 4.78 is 11.4. The Morgan fingerprint density at radius 2 is 1.45 bits per heavy atom. The molecule has 2 aliphatic rings. The second-order valence-electron chi connectivity index (χ2n) is 8.29. The summed E-state index contributed by atoms with van der Waals surface area (Å²) in [4.78, 5) is 18.7. The normalized spacial score (nSPS) is 16.8. The van der Waals surface area contributed by atoms with Gasteiger partial charge in [0.05, 0.1) is 19.4 Å². The highest BCUT2D eigenvalue weighted by Gasteiger charge is 2.20. The molecule has 1 aromatic heterocycles. The predicted molar refractivity (Wildman–Crippen MR) is 132 cm³/mol. The van der Waals surface area contributed by atoms with Crippen molar-refractivity contribution in [1.29, 1.82) is 0 Å². The smallest absolute Gasteiger partial charge is 0.250 e. The van der Waals surface area contributed by atoms with Gasteiger partial charge in [0.2, 0.25) is 17.8 Å². The van der Waals surface area contributed by atoms with Crippen LogP contribution in [0.2, 0.25) is 0 Å². The van der Waals surface area contributed by atoms with Gasteiger partial charge >= 0.3 is 0 Å². The average molecular weight is 454 g/mol. The number of hydrogen-bond acceptors (Lipinski definition) is 9. The Bertz CT molecular complexity index is 889. The van der Waals surface area contributed by atoms with Crippen molar-refractivity contribution in [2.24, 2.45) is 5.10 Å². The van der Waals surface area contributed by atoms with Gasteiger partial charge in [-0.15, -0.1) is 0 Å². The van der Waals surface area contributed by atoms with Gasteiger partial charge < -0.3 is 19.3 Å². The third-order valence-electron chi connectivity index (χ3n) is 5.85. The van der Waals surface area contributed by atoms with Crippen molar-refractivity contribution in [3.05, 3.63) is 23.8 Å². The molecule has 9 nitrogen and oxygen atoms in total. The summed E-state index contributed by atoms with van der Waals surface area (Å²) in [6.45, 7) is 9.03. The van der Waals surface area contributed by atoms with E-state index in [1.165, 1.54) is 38.5 Å². The molecule has 0 saturated carbocycles. The molecule has 0 amide bonds. The van der Waals surface area contributed by atoms with Crippen molar-refractivity contribution in [2.45, 2.75) is 52.4 Å². The van der Waals surface area contributed by atoms with Crippen LogP contribution in [0.25, 0.3) is 0 Å². The fourth-order valence-corrected chi connectivity index (χ4v) is 4.19. The Hall–Kier alpha value is -3.10. The molecule has 0 bridgehead atoms. The summed E-state index contributed by atoms with van der Waals surface area (Å²) in [7, 11) is 0. The van der Waals surface area contributed by atoms with E-state index >= 15 is 0 Å². The van der Waals surface area contributed by atoms with Crippen LogP contribution in [0.15, 0.2) is 23.3 Å². The monoisotopic (exact) mass is 453 g/mol. The molecule has 0 spiro atoms. The van der Waals surface area contributed by atoms with E-state index in [0.29, 0.717) is 19.2 Å². The summed E-state index contributed by atoms with van der Waals surface area (Å²) in [5.74, 6) is 3.44. The van der Waals surface area contributed by atoms with E-state index in [1.807, 2.05) is 32.0 Å². The largest absolute Gasteiger partial charge is 0.494 e. The van der Waals surface area contributed by atoms with Crippen LogP contribution in [0.1, 0.15) is 57.9 Å². The van der Waals surface area contributed by atoms with E-state index in [-0.39, 0.29) is 0 Å². The maximum Gasteiger partial charge on any atom is 0.250 e. The molecule has 0 radical (unpaired) electrons. The minimum absolute atomic E-state index is 0.464. The third kappa shape index (κ3) is 6.24. The van der Waals surface area contributed by atoms with Crippen molar-refractivity contribution in [3.8, 4) is 11.5 Å². The van der Waals surface area contributed by atoms with Crippen molar-refractivity contribution in [1.82, 2.24) is 15.0 Å². The van der Waals surface area contributed by atoms with Crippen molar-refractivity contribution >= 4 is 24.1 Å². The molecule has 2 aliphatic heterocycles. The molecule has 3 heterocycles. The Morgan fingerprint density at radius 3 is 2.03 bits per heavy atom. The molecular weight excluding hydrogens is 418 g/mol. The number of anilines is 3. The highest BCUT2D eigenvalue weighted by atomic mass is 16.5. The molecule has 4 rings (SSSR count). The lowest BCUT2D eigenvalue weighted by molar-refractivity contribution is 0.323. The molecule has 33 heavy (non-hydrogen) atoms. The van der Waals surface area contributed by atoms with Crippen LogP contribution >= 0.6 is 0 Å². The van der Waals surface area contributed by atoms with Gasteiger partial charge in [-0.3, -0.25) is 0 Å². The van der Waals surface area contributed by atoms with E-state index in [4.69, 9.17) is 14.5 Å². The third-order valence-corrected chi connectivity index (χ3v) is 5.85.